The Kier molecular flexibility index (Phi) is 4.97. The van der Waals surface area contributed by atoms with Crippen LogP contribution in [0.5, 0.6) is 0 Å². The average molecular weight is 283 g/mol. The molecule has 0 spiro atoms. The second-order valence-electron chi connectivity index (χ2n) is 8.30. The summed E-state index contributed by atoms with van der Waals surface area (Å²) >= 11 is 2.27. The maximum Gasteiger partial charge on any atom is 0.00555 e. The lowest BCUT2D eigenvalue weighted by atomic mass is 9.66. The van der Waals surface area contributed by atoms with Crippen molar-refractivity contribution >= 4 is 11.8 Å². The fraction of sp³-hybridized carbons (Fsp3) is 1.00. The molecule has 0 bridgehead atoms. The summed E-state index contributed by atoms with van der Waals surface area (Å²) in [7, 11) is 0. The van der Waals surface area contributed by atoms with Crippen molar-refractivity contribution in [1.82, 2.24) is 0 Å². The van der Waals surface area contributed by atoms with Crippen LogP contribution in [0.3, 0.4) is 0 Å². The van der Waals surface area contributed by atoms with Crippen LogP contribution >= 0.6 is 11.8 Å². The second kappa shape index (κ2) is 6.00. The lowest BCUT2D eigenvalue weighted by Gasteiger charge is -2.40. The third kappa shape index (κ3) is 3.52. The van der Waals surface area contributed by atoms with Crippen molar-refractivity contribution < 1.29 is 0 Å². The molecule has 0 nitrogen and oxygen atoms in total. The largest absolute Gasteiger partial charge is 0.158 e. The van der Waals surface area contributed by atoms with Crippen LogP contribution in [0.2, 0.25) is 0 Å². The zero-order valence-electron chi connectivity index (χ0n) is 13.8. The molecule has 0 aromatic rings. The Balaban J connectivity index is 1.88. The van der Waals surface area contributed by atoms with Gasteiger partial charge in [0.15, 0.2) is 0 Å². The first kappa shape index (κ1) is 15.7. The second-order valence-corrected chi connectivity index (χ2v) is 9.59. The van der Waals surface area contributed by atoms with Gasteiger partial charge >= 0.3 is 0 Å². The Morgan fingerprint density at radius 2 is 1.63 bits per heavy atom. The Bertz CT molecular complexity index is 290. The van der Waals surface area contributed by atoms with Crippen molar-refractivity contribution in [2.24, 2.45) is 22.7 Å². The minimum absolute atomic E-state index is 0.600. The quantitative estimate of drug-likeness (QED) is 0.596. The van der Waals surface area contributed by atoms with Gasteiger partial charge in [-0.05, 0) is 54.1 Å². The van der Waals surface area contributed by atoms with E-state index in [0.717, 1.165) is 17.1 Å². The van der Waals surface area contributed by atoms with E-state index in [2.05, 4.69) is 46.4 Å². The molecule has 3 atom stereocenters. The van der Waals surface area contributed by atoms with E-state index in [1.807, 2.05) is 0 Å². The molecule has 1 heterocycles. The summed E-state index contributed by atoms with van der Waals surface area (Å²) < 4.78 is 0. The molecule has 2 aliphatic rings. The van der Waals surface area contributed by atoms with E-state index < -0.39 is 0 Å². The first-order chi connectivity index (χ1) is 8.86. The summed E-state index contributed by atoms with van der Waals surface area (Å²) in [6.45, 7) is 12.4. The molecule has 2 rings (SSSR count). The summed E-state index contributed by atoms with van der Waals surface area (Å²) in [6, 6.07) is 0. The normalized spacial score (nSPS) is 36.6. The van der Waals surface area contributed by atoms with Crippen LogP contribution in [0.4, 0.5) is 0 Å². The minimum Gasteiger partial charge on any atom is -0.158 e. The average Bonchev–Trinajstić information content (AvgIpc) is 2.73. The van der Waals surface area contributed by atoms with Crippen LogP contribution < -0.4 is 0 Å². The monoisotopic (exact) mass is 282 g/mol. The molecule has 2 fully saturated rings. The maximum atomic E-state index is 2.57. The van der Waals surface area contributed by atoms with Gasteiger partial charge in [0.25, 0.3) is 0 Å². The highest BCUT2D eigenvalue weighted by Crippen LogP contribution is 2.51. The number of rotatable bonds is 4. The lowest BCUT2D eigenvalue weighted by molar-refractivity contribution is 0.119. The van der Waals surface area contributed by atoms with E-state index in [0.29, 0.717) is 10.8 Å². The third-order valence-corrected chi connectivity index (χ3v) is 8.20. The summed E-state index contributed by atoms with van der Waals surface area (Å²) in [5.41, 5.74) is 1.25. The molecular formula is C18H34S. The summed E-state index contributed by atoms with van der Waals surface area (Å²) in [4.78, 5) is 0. The highest BCUT2D eigenvalue weighted by molar-refractivity contribution is 8.00. The SMILES string of the molecule is CC(C)C1(C)CSC(CC(C)C2(C)CCCCC2)C1. The van der Waals surface area contributed by atoms with Crippen LogP contribution in [-0.2, 0) is 0 Å². The zero-order valence-corrected chi connectivity index (χ0v) is 14.6. The Labute approximate surface area is 125 Å². The van der Waals surface area contributed by atoms with Crippen molar-refractivity contribution in [3.05, 3.63) is 0 Å². The van der Waals surface area contributed by atoms with Gasteiger partial charge in [-0.1, -0.05) is 53.9 Å². The van der Waals surface area contributed by atoms with Gasteiger partial charge in [0.2, 0.25) is 0 Å². The molecule has 1 heteroatoms. The van der Waals surface area contributed by atoms with E-state index in [1.54, 1.807) is 0 Å². The van der Waals surface area contributed by atoms with Crippen molar-refractivity contribution in [3.63, 3.8) is 0 Å². The van der Waals surface area contributed by atoms with Crippen LogP contribution in [0.25, 0.3) is 0 Å². The Morgan fingerprint density at radius 3 is 2.16 bits per heavy atom. The Hall–Kier alpha value is 0.350. The molecule has 0 aromatic heterocycles. The van der Waals surface area contributed by atoms with Gasteiger partial charge in [0.1, 0.15) is 0 Å². The van der Waals surface area contributed by atoms with Crippen molar-refractivity contribution in [2.75, 3.05) is 5.75 Å². The van der Waals surface area contributed by atoms with Crippen LogP contribution in [0.1, 0.15) is 79.6 Å². The Morgan fingerprint density at radius 1 is 1.00 bits per heavy atom. The molecule has 1 aliphatic heterocycles. The minimum atomic E-state index is 0.600. The van der Waals surface area contributed by atoms with Crippen molar-refractivity contribution in [3.8, 4) is 0 Å². The van der Waals surface area contributed by atoms with Gasteiger partial charge in [-0.15, -0.1) is 0 Å². The van der Waals surface area contributed by atoms with Gasteiger partial charge in [-0.3, -0.25) is 0 Å². The summed E-state index contributed by atoms with van der Waals surface area (Å²) in [6.07, 6.45) is 10.3. The molecule has 3 unspecified atom stereocenters. The molecule has 112 valence electrons. The van der Waals surface area contributed by atoms with E-state index in [1.165, 1.54) is 50.7 Å². The lowest BCUT2D eigenvalue weighted by Crippen LogP contribution is -2.30. The summed E-state index contributed by atoms with van der Waals surface area (Å²) in [5.74, 6) is 3.14. The highest BCUT2D eigenvalue weighted by atomic mass is 32.2. The van der Waals surface area contributed by atoms with Gasteiger partial charge < -0.3 is 0 Å². The van der Waals surface area contributed by atoms with E-state index in [9.17, 15) is 0 Å². The highest BCUT2D eigenvalue weighted by Gasteiger charge is 2.41. The molecule has 0 aromatic carbocycles. The number of thioether (sulfide) groups is 1. The van der Waals surface area contributed by atoms with Gasteiger partial charge in [-0.2, -0.15) is 11.8 Å². The van der Waals surface area contributed by atoms with Gasteiger partial charge in [0.05, 0.1) is 0 Å². The van der Waals surface area contributed by atoms with Gasteiger partial charge in [-0.25, -0.2) is 0 Å². The van der Waals surface area contributed by atoms with E-state index in [-0.39, 0.29) is 0 Å². The van der Waals surface area contributed by atoms with Crippen molar-refractivity contribution in [2.45, 2.75) is 84.8 Å². The first-order valence-electron chi connectivity index (χ1n) is 8.47. The van der Waals surface area contributed by atoms with Crippen LogP contribution in [-0.4, -0.2) is 11.0 Å². The zero-order chi connectivity index (χ0) is 14.1. The molecular weight excluding hydrogens is 248 g/mol. The van der Waals surface area contributed by atoms with E-state index in [4.69, 9.17) is 0 Å². The fourth-order valence-corrected chi connectivity index (χ4v) is 6.02. The van der Waals surface area contributed by atoms with Crippen LogP contribution in [0.15, 0.2) is 0 Å². The van der Waals surface area contributed by atoms with E-state index >= 15 is 0 Å². The summed E-state index contributed by atoms with van der Waals surface area (Å²) in [5, 5.41) is 0.932. The maximum absolute atomic E-state index is 2.57. The molecule has 0 radical (unpaired) electrons. The molecule has 19 heavy (non-hydrogen) atoms. The standard InChI is InChI=1S/C18H34S/c1-14(2)18(5)12-16(19-13-18)11-15(3)17(4)9-7-6-8-10-17/h14-16H,6-13H2,1-5H3. The molecule has 1 saturated heterocycles. The number of hydrogen-bond donors (Lipinski definition) is 0. The van der Waals surface area contributed by atoms with Gasteiger partial charge in [0, 0.05) is 5.25 Å². The smallest absolute Gasteiger partial charge is 0.00555 e. The molecule has 1 saturated carbocycles. The topological polar surface area (TPSA) is 0 Å². The first-order valence-corrected chi connectivity index (χ1v) is 9.52. The third-order valence-electron chi connectivity index (χ3n) is 6.54. The van der Waals surface area contributed by atoms with Crippen LogP contribution in [0, 0.1) is 22.7 Å². The predicted molar refractivity (Wildman–Crippen MR) is 88.8 cm³/mol. The molecule has 0 amide bonds. The predicted octanol–water partition coefficient (Wildman–Crippen LogP) is 6.15. The van der Waals surface area contributed by atoms with Crippen molar-refractivity contribution in [1.29, 1.82) is 0 Å². The molecule has 0 N–H and O–H groups in total. The number of hydrogen-bond acceptors (Lipinski definition) is 1. The fourth-order valence-electron chi connectivity index (χ4n) is 4.03. The molecule has 1 aliphatic carbocycles.